The van der Waals surface area contributed by atoms with E-state index in [9.17, 15) is 18.0 Å². The van der Waals surface area contributed by atoms with Gasteiger partial charge < -0.3 is 10.6 Å². The van der Waals surface area contributed by atoms with Gasteiger partial charge in [-0.2, -0.15) is 0 Å². The molecular formula is C21H23ClN4O4S2. The van der Waals surface area contributed by atoms with E-state index in [1.165, 1.54) is 25.1 Å². The second kappa shape index (κ2) is 10.4. The number of aromatic nitrogens is 2. The zero-order chi connectivity index (χ0) is 23.3. The third-order valence-electron chi connectivity index (χ3n) is 4.46. The summed E-state index contributed by atoms with van der Waals surface area (Å²) in [5.74, 6) is -0.480. The molecule has 0 saturated heterocycles. The number of halogens is 1. The van der Waals surface area contributed by atoms with E-state index in [1.54, 1.807) is 24.3 Å². The molecule has 170 valence electrons. The lowest BCUT2D eigenvalue weighted by Crippen LogP contribution is -2.26. The number of amides is 2. The lowest BCUT2D eigenvalue weighted by atomic mass is 10.3. The number of unbranched alkanes of at least 4 members (excludes halogenated alkanes) is 1. The van der Waals surface area contributed by atoms with Crippen molar-refractivity contribution in [3.05, 3.63) is 47.5 Å². The largest absolute Gasteiger partial charge is 0.355 e. The van der Waals surface area contributed by atoms with Crippen molar-refractivity contribution < 1.29 is 18.0 Å². The molecule has 1 aromatic heterocycles. The zero-order valence-electron chi connectivity index (χ0n) is 17.6. The van der Waals surface area contributed by atoms with Gasteiger partial charge in [0.1, 0.15) is 0 Å². The minimum absolute atomic E-state index is 0.0325. The predicted molar refractivity (Wildman–Crippen MR) is 127 cm³/mol. The molecule has 1 heterocycles. The third kappa shape index (κ3) is 5.43. The minimum atomic E-state index is -4.08. The molecule has 0 aliphatic rings. The van der Waals surface area contributed by atoms with Crippen LogP contribution in [0.3, 0.4) is 0 Å². The monoisotopic (exact) mass is 494 g/mol. The van der Waals surface area contributed by atoms with Crippen LogP contribution in [0.1, 0.15) is 26.7 Å². The molecule has 0 unspecified atom stereocenters. The van der Waals surface area contributed by atoms with Crippen molar-refractivity contribution in [3.8, 4) is 0 Å². The van der Waals surface area contributed by atoms with Crippen molar-refractivity contribution in [3.63, 3.8) is 0 Å². The molecule has 0 saturated carbocycles. The van der Waals surface area contributed by atoms with E-state index in [4.69, 9.17) is 11.6 Å². The normalized spacial score (nSPS) is 11.5. The van der Waals surface area contributed by atoms with Crippen molar-refractivity contribution in [1.29, 1.82) is 0 Å². The molecule has 11 heteroatoms. The van der Waals surface area contributed by atoms with Crippen molar-refractivity contribution in [2.24, 2.45) is 0 Å². The first-order valence-corrected chi connectivity index (χ1v) is 12.7. The van der Waals surface area contributed by atoms with Gasteiger partial charge >= 0.3 is 0 Å². The van der Waals surface area contributed by atoms with E-state index in [1.807, 2.05) is 6.92 Å². The minimum Gasteiger partial charge on any atom is -0.355 e. The number of rotatable bonds is 9. The van der Waals surface area contributed by atoms with Crippen LogP contribution in [-0.4, -0.2) is 41.5 Å². The average molecular weight is 495 g/mol. The van der Waals surface area contributed by atoms with Crippen molar-refractivity contribution >= 4 is 61.9 Å². The van der Waals surface area contributed by atoms with E-state index in [2.05, 4.69) is 15.6 Å². The van der Waals surface area contributed by atoms with E-state index in [-0.39, 0.29) is 32.6 Å². The molecule has 0 spiro atoms. The Kier molecular flexibility index (Phi) is 7.81. The first-order valence-electron chi connectivity index (χ1n) is 9.93. The highest BCUT2D eigenvalue weighted by molar-refractivity contribution is 8.00. The highest BCUT2D eigenvalue weighted by Crippen LogP contribution is 2.31. The summed E-state index contributed by atoms with van der Waals surface area (Å²) in [5, 5.41) is 5.63. The van der Waals surface area contributed by atoms with Gasteiger partial charge in [-0.1, -0.05) is 48.8 Å². The van der Waals surface area contributed by atoms with Crippen molar-refractivity contribution in [2.45, 2.75) is 36.7 Å². The van der Waals surface area contributed by atoms with Gasteiger partial charge in [0.05, 0.1) is 32.4 Å². The topological polar surface area (TPSA) is 110 Å². The number of thioether (sulfide) groups is 1. The van der Waals surface area contributed by atoms with Crippen LogP contribution in [0.2, 0.25) is 5.02 Å². The molecule has 0 bridgehead atoms. The number of para-hydroxylation sites is 2. The Morgan fingerprint density at radius 2 is 1.94 bits per heavy atom. The summed E-state index contributed by atoms with van der Waals surface area (Å²) in [7, 11) is -4.08. The molecule has 3 rings (SSSR count). The van der Waals surface area contributed by atoms with Crippen molar-refractivity contribution in [2.75, 3.05) is 17.6 Å². The summed E-state index contributed by atoms with van der Waals surface area (Å²) in [6.45, 7) is 3.94. The Hall–Kier alpha value is -2.56. The van der Waals surface area contributed by atoms with Crippen LogP contribution in [-0.2, 0) is 19.6 Å². The van der Waals surface area contributed by atoms with Gasteiger partial charge in [0, 0.05) is 13.5 Å². The lowest BCUT2D eigenvalue weighted by molar-refractivity contribution is -0.118. The fourth-order valence-electron chi connectivity index (χ4n) is 2.94. The van der Waals surface area contributed by atoms with Gasteiger partial charge in [0.2, 0.25) is 11.8 Å². The molecule has 2 amide bonds. The SMILES string of the molecule is CCCCNC(=O)CSc1nc2ccccc2n1S(=O)(=O)c1ccc(NC(C)=O)c(Cl)c1. The van der Waals surface area contributed by atoms with E-state index in [0.29, 0.717) is 23.3 Å². The number of carbonyl (C=O) groups excluding carboxylic acids is 2. The molecule has 0 fully saturated rings. The molecular weight excluding hydrogens is 472 g/mol. The van der Waals surface area contributed by atoms with Crippen LogP contribution in [0.25, 0.3) is 11.0 Å². The number of hydrogen-bond donors (Lipinski definition) is 2. The Bertz CT molecular complexity index is 1260. The van der Waals surface area contributed by atoms with Gasteiger partial charge in [-0.25, -0.2) is 17.4 Å². The van der Waals surface area contributed by atoms with Gasteiger partial charge in [0.25, 0.3) is 10.0 Å². The fraction of sp³-hybridized carbons (Fsp3) is 0.286. The number of anilines is 1. The summed E-state index contributed by atoms with van der Waals surface area (Å²) in [4.78, 5) is 27.8. The molecule has 3 aromatic rings. The first kappa shape index (κ1) is 24.1. The summed E-state index contributed by atoms with van der Waals surface area (Å²) >= 11 is 7.25. The number of hydrogen-bond acceptors (Lipinski definition) is 6. The highest BCUT2D eigenvalue weighted by atomic mass is 35.5. The summed E-state index contributed by atoms with van der Waals surface area (Å²) in [6.07, 6.45) is 1.84. The van der Waals surface area contributed by atoms with Crippen LogP contribution in [0.5, 0.6) is 0 Å². The molecule has 2 N–H and O–H groups in total. The summed E-state index contributed by atoms with van der Waals surface area (Å²) in [6, 6.07) is 10.9. The third-order valence-corrected chi connectivity index (χ3v) is 7.53. The van der Waals surface area contributed by atoms with E-state index in [0.717, 1.165) is 28.6 Å². The van der Waals surface area contributed by atoms with Crippen LogP contribution >= 0.6 is 23.4 Å². The van der Waals surface area contributed by atoms with Crippen LogP contribution in [0, 0.1) is 0 Å². The van der Waals surface area contributed by atoms with Crippen LogP contribution in [0.15, 0.2) is 52.5 Å². The van der Waals surface area contributed by atoms with Crippen LogP contribution in [0.4, 0.5) is 5.69 Å². The zero-order valence-corrected chi connectivity index (χ0v) is 20.0. The first-order chi connectivity index (χ1) is 15.2. The number of carbonyl (C=O) groups is 2. The molecule has 0 atom stereocenters. The number of benzene rings is 2. The van der Waals surface area contributed by atoms with Gasteiger partial charge in [-0.3, -0.25) is 9.59 Å². The van der Waals surface area contributed by atoms with Gasteiger partial charge in [-0.05, 0) is 36.8 Å². The molecule has 0 aliphatic heterocycles. The number of imidazole rings is 1. The van der Waals surface area contributed by atoms with Gasteiger partial charge in [-0.15, -0.1) is 0 Å². The number of fused-ring (bicyclic) bond motifs is 1. The van der Waals surface area contributed by atoms with E-state index < -0.39 is 10.0 Å². The number of nitrogens with one attached hydrogen (secondary N) is 2. The Morgan fingerprint density at radius 1 is 1.19 bits per heavy atom. The Morgan fingerprint density at radius 3 is 2.62 bits per heavy atom. The Balaban J connectivity index is 1.97. The molecule has 32 heavy (non-hydrogen) atoms. The molecule has 0 aliphatic carbocycles. The molecule has 8 nitrogen and oxygen atoms in total. The maximum Gasteiger partial charge on any atom is 0.270 e. The highest BCUT2D eigenvalue weighted by Gasteiger charge is 2.26. The smallest absolute Gasteiger partial charge is 0.270 e. The molecule has 0 radical (unpaired) electrons. The number of nitrogens with zero attached hydrogens (tertiary/aromatic N) is 2. The predicted octanol–water partition coefficient (Wildman–Crippen LogP) is 3.89. The maximum absolute atomic E-state index is 13.5. The van der Waals surface area contributed by atoms with Crippen molar-refractivity contribution in [1.82, 2.24) is 14.3 Å². The quantitative estimate of drug-likeness (QED) is 0.345. The average Bonchev–Trinajstić information content (AvgIpc) is 3.12. The lowest BCUT2D eigenvalue weighted by Gasteiger charge is -2.12. The van der Waals surface area contributed by atoms with Crippen LogP contribution < -0.4 is 10.6 Å². The van der Waals surface area contributed by atoms with Gasteiger partial charge in [0.15, 0.2) is 5.16 Å². The van der Waals surface area contributed by atoms with E-state index >= 15 is 0 Å². The standard InChI is InChI=1S/C21H23ClN4O4S2/c1-3-4-11-23-20(28)13-31-21-25-18-7-5-6-8-19(18)26(21)32(29,30)15-9-10-17(16(22)12-15)24-14(2)27/h5-10,12H,3-4,11,13H2,1-2H3,(H,23,28)(H,24,27). The summed E-state index contributed by atoms with van der Waals surface area (Å²) in [5.41, 5.74) is 1.20. The Labute approximate surface area is 195 Å². The maximum atomic E-state index is 13.5. The second-order valence-electron chi connectivity index (χ2n) is 6.97. The second-order valence-corrected chi connectivity index (χ2v) is 10.1. The molecule has 2 aromatic carbocycles. The fourth-order valence-corrected chi connectivity index (χ4v) is 5.81. The summed E-state index contributed by atoms with van der Waals surface area (Å²) < 4.78 is 28.2.